The highest BCUT2D eigenvalue weighted by atomic mass is 35.5. The molecule has 0 unspecified atom stereocenters. The van der Waals surface area contributed by atoms with Crippen molar-refractivity contribution in [2.24, 2.45) is 0 Å². The number of amides is 1. The van der Waals surface area contributed by atoms with Crippen molar-refractivity contribution in [1.82, 2.24) is 0 Å². The highest BCUT2D eigenvalue weighted by molar-refractivity contribution is 6.32. The zero-order valence-corrected chi connectivity index (χ0v) is 16.0. The summed E-state index contributed by atoms with van der Waals surface area (Å²) in [6, 6.07) is 8.68. The van der Waals surface area contributed by atoms with Gasteiger partial charge >= 0.3 is 0 Å². The Bertz CT molecular complexity index is 939. The minimum atomic E-state index is -0.521. The van der Waals surface area contributed by atoms with Crippen LogP contribution in [0.3, 0.4) is 0 Å². The second-order valence-corrected chi connectivity index (χ2v) is 7.68. The van der Waals surface area contributed by atoms with E-state index in [1.54, 1.807) is 24.3 Å². The van der Waals surface area contributed by atoms with E-state index in [2.05, 4.69) is 5.32 Å². The second-order valence-electron chi connectivity index (χ2n) is 7.27. The number of hydrogen-bond donors (Lipinski definition) is 1. The van der Waals surface area contributed by atoms with E-state index in [1.807, 2.05) is 6.07 Å². The molecule has 7 heteroatoms. The van der Waals surface area contributed by atoms with Gasteiger partial charge in [-0.15, -0.1) is 0 Å². The molecule has 1 aliphatic carbocycles. The molecule has 6 nitrogen and oxygen atoms in total. The molecule has 5 rings (SSSR count). The summed E-state index contributed by atoms with van der Waals surface area (Å²) in [7, 11) is 0. The Labute approximate surface area is 167 Å². The highest BCUT2D eigenvalue weighted by Crippen LogP contribution is 2.47. The van der Waals surface area contributed by atoms with E-state index in [0.717, 1.165) is 37.9 Å². The van der Waals surface area contributed by atoms with Crippen molar-refractivity contribution < 1.29 is 23.7 Å². The molecule has 1 N–H and O–H groups in total. The molecule has 0 saturated heterocycles. The number of hydrogen-bond acceptors (Lipinski definition) is 5. The number of rotatable bonds is 2. The molecule has 2 aromatic rings. The van der Waals surface area contributed by atoms with Gasteiger partial charge in [0.05, 0.1) is 18.2 Å². The number of nitrogens with one attached hydrogen (secondary N) is 1. The molecule has 1 fully saturated rings. The summed E-state index contributed by atoms with van der Waals surface area (Å²) < 4.78 is 23.3. The standard InChI is InChI=1S/C21H20ClNO5/c22-15-10-13(11-18-19(15)26-9-3-8-25-18)20(24)23-14-4-5-16-17(12-14)28-21(27-16)6-1-2-7-21/h4-5,10-12H,1-3,6-9H2,(H,23,24). The Morgan fingerprint density at radius 1 is 0.929 bits per heavy atom. The molecule has 1 amide bonds. The molecule has 1 saturated carbocycles. The van der Waals surface area contributed by atoms with Crippen molar-refractivity contribution in [3.05, 3.63) is 40.9 Å². The first-order chi connectivity index (χ1) is 13.6. The Morgan fingerprint density at radius 2 is 1.71 bits per heavy atom. The SMILES string of the molecule is O=C(Nc1ccc2c(c1)OC1(CCCC1)O2)c1cc(Cl)c2c(c1)OCCCO2. The molecule has 3 aliphatic rings. The number of halogens is 1. The maximum Gasteiger partial charge on any atom is 0.255 e. The highest BCUT2D eigenvalue weighted by Gasteiger charge is 2.44. The third-order valence-corrected chi connectivity index (χ3v) is 5.50. The van der Waals surface area contributed by atoms with Crippen molar-refractivity contribution in [3.8, 4) is 23.0 Å². The van der Waals surface area contributed by atoms with Crippen LogP contribution in [0, 0.1) is 0 Å². The third-order valence-electron chi connectivity index (χ3n) is 5.22. The van der Waals surface area contributed by atoms with Gasteiger partial charge in [-0.25, -0.2) is 0 Å². The molecular formula is C21H20ClNO5. The molecule has 2 aromatic carbocycles. The Balaban J connectivity index is 1.36. The Hall–Kier alpha value is -2.60. The first-order valence-corrected chi connectivity index (χ1v) is 9.92. The van der Waals surface area contributed by atoms with Crippen LogP contribution >= 0.6 is 11.6 Å². The summed E-state index contributed by atoms with van der Waals surface area (Å²) in [5.41, 5.74) is 1.03. The number of benzene rings is 2. The molecule has 2 aliphatic heterocycles. The number of anilines is 1. The Morgan fingerprint density at radius 3 is 2.57 bits per heavy atom. The lowest BCUT2D eigenvalue weighted by Gasteiger charge is -2.21. The van der Waals surface area contributed by atoms with Crippen LogP contribution in [0.5, 0.6) is 23.0 Å². The van der Waals surface area contributed by atoms with Crippen LogP contribution in [-0.4, -0.2) is 24.9 Å². The second kappa shape index (κ2) is 6.78. The van der Waals surface area contributed by atoms with E-state index in [1.165, 1.54) is 0 Å². The van der Waals surface area contributed by atoms with Crippen LogP contribution in [-0.2, 0) is 0 Å². The topological polar surface area (TPSA) is 66.0 Å². The van der Waals surface area contributed by atoms with E-state index in [4.69, 9.17) is 30.5 Å². The molecule has 146 valence electrons. The number of ether oxygens (including phenoxy) is 4. The number of fused-ring (bicyclic) bond motifs is 2. The maximum absolute atomic E-state index is 12.7. The van der Waals surface area contributed by atoms with Crippen LogP contribution in [0.1, 0.15) is 42.5 Å². The van der Waals surface area contributed by atoms with Gasteiger partial charge in [-0.3, -0.25) is 4.79 Å². The summed E-state index contributed by atoms with van der Waals surface area (Å²) in [5, 5.41) is 3.25. The smallest absolute Gasteiger partial charge is 0.255 e. The first-order valence-electron chi connectivity index (χ1n) is 9.55. The van der Waals surface area contributed by atoms with E-state index in [0.29, 0.717) is 46.7 Å². The van der Waals surface area contributed by atoms with E-state index >= 15 is 0 Å². The van der Waals surface area contributed by atoms with E-state index in [9.17, 15) is 4.79 Å². The summed E-state index contributed by atoms with van der Waals surface area (Å²) in [6.07, 6.45) is 4.74. The van der Waals surface area contributed by atoms with E-state index in [-0.39, 0.29) is 5.91 Å². The van der Waals surface area contributed by atoms with Crippen molar-refractivity contribution in [2.45, 2.75) is 37.9 Å². The molecule has 0 bridgehead atoms. The van der Waals surface area contributed by atoms with Gasteiger partial charge in [0.15, 0.2) is 23.0 Å². The van der Waals surface area contributed by atoms with Gasteiger partial charge in [-0.1, -0.05) is 11.6 Å². The number of carbonyl (C=O) groups is 1. The molecule has 2 heterocycles. The van der Waals surface area contributed by atoms with Crippen molar-refractivity contribution in [1.29, 1.82) is 0 Å². The molecule has 1 spiro atoms. The molecule has 0 aromatic heterocycles. The molecule has 28 heavy (non-hydrogen) atoms. The minimum absolute atomic E-state index is 0.285. The summed E-state index contributed by atoms with van der Waals surface area (Å²) in [6.45, 7) is 1.06. The van der Waals surface area contributed by atoms with Crippen LogP contribution in [0.25, 0.3) is 0 Å². The normalized spacial score (nSPS) is 18.8. The van der Waals surface area contributed by atoms with Crippen molar-refractivity contribution in [3.63, 3.8) is 0 Å². The van der Waals surface area contributed by atoms with Crippen molar-refractivity contribution >= 4 is 23.2 Å². The fraction of sp³-hybridized carbons (Fsp3) is 0.381. The zero-order valence-electron chi connectivity index (χ0n) is 15.3. The largest absolute Gasteiger partial charge is 0.489 e. The minimum Gasteiger partial charge on any atom is -0.489 e. The predicted octanol–water partition coefficient (Wildman–Crippen LogP) is 4.80. The lowest BCUT2D eigenvalue weighted by Crippen LogP contribution is -2.34. The average molecular weight is 402 g/mol. The van der Waals surface area contributed by atoms with Crippen LogP contribution in [0.2, 0.25) is 5.02 Å². The average Bonchev–Trinajstić information content (AvgIpc) is 3.19. The van der Waals surface area contributed by atoms with Gasteiger partial charge in [0.2, 0.25) is 0 Å². The van der Waals surface area contributed by atoms with Crippen LogP contribution < -0.4 is 24.3 Å². The fourth-order valence-electron chi connectivity index (χ4n) is 3.85. The Kier molecular flexibility index (Phi) is 4.23. The van der Waals surface area contributed by atoms with Crippen molar-refractivity contribution in [2.75, 3.05) is 18.5 Å². The summed E-state index contributed by atoms with van der Waals surface area (Å²) >= 11 is 6.29. The summed E-state index contributed by atoms with van der Waals surface area (Å²) in [4.78, 5) is 12.7. The monoisotopic (exact) mass is 401 g/mol. The number of carbonyl (C=O) groups excluding carboxylic acids is 1. The molecule has 0 radical (unpaired) electrons. The van der Waals surface area contributed by atoms with Crippen LogP contribution in [0.15, 0.2) is 30.3 Å². The van der Waals surface area contributed by atoms with Gasteiger partial charge in [0.25, 0.3) is 11.7 Å². The maximum atomic E-state index is 12.7. The van der Waals surface area contributed by atoms with Gasteiger partial charge in [-0.05, 0) is 37.1 Å². The predicted molar refractivity (Wildman–Crippen MR) is 104 cm³/mol. The fourth-order valence-corrected chi connectivity index (χ4v) is 4.12. The lowest BCUT2D eigenvalue weighted by atomic mass is 10.1. The summed E-state index contributed by atoms with van der Waals surface area (Å²) in [5.74, 6) is 1.55. The van der Waals surface area contributed by atoms with Gasteiger partial charge in [0.1, 0.15) is 0 Å². The lowest BCUT2D eigenvalue weighted by molar-refractivity contribution is -0.0716. The molecule has 0 atom stereocenters. The van der Waals surface area contributed by atoms with Gasteiger partial charge in [-0.2, -0.15) is 0 Å². The first kappa shape index (κ1) is 17.5. The van der Waals surface area contributed by atoms with Gasteiger partial charge in [0, 0.05) is 36.6 Å². The zero-order chi connectivity index (χ0) is 19.1. The van der Waals surface area contributed by atoms with Crippen LogP contribution in [0.4, 0.5) is 5.69 Å². The quantitative estimate of drug-likeness (QED) is 0.783. The molecular weight excluding hydrogens is 382 g/mol. The van der Waals surface area contributed by atoms with Gasteiger partial charge < -0.3 is 24.3 Å². The third kappa shape index (κ3) is 3.11. The van der Waals surface area contributed by atoms with E-state index < -0.39 is 5.79 Å².